The first-order chi connectivity index (χ1) is 28.8. The standard InChI is InChI=1S/C54H32N2O2/c1-3-15-33(16-4-1)49-50(34-17-5-2-6-18-34)53-52(42-32-36(28-30-48(42)57-53)56-45-25-13-9-21-39(45)40-22-10-14-26-46(40)56)54-51(49)41-31-35(27-29-47(41)58-54)55-43-23-11-7-19-37(43)38-20-8-12-24-44(38)55/h1-32H. The Morgan fingerprint density at radius 2 is 0.672 bits per heavy atom. The highest BCUT2D eigenvalue weighted by Gasteiger charge is 2.27. The van der Waals surface area contributed by atoms with Gasteiger partial charge in [-0.1, -0.05) is 133 Å². The van der Waals surface area contributed by atoms with Crippen LogP contribution in [-0.2, 0) is 0 Å². The molecule has 58 heavy (non-hydrogen) atoms. The van der Waals surface area contributed by atoms with Gasteiger partial charge in [-0.05, 0) is 71.8 Å². The van der Waals surface area contributed by atoms with Crippen molar-refractivity contribution in [2.45, 2.75) is 0 Å². The van der Waals surface area contributed by atoms with Crippen molar-refractivity contribution < 1.29 is 8.83 Å². The second kappa shape index (κ2) is 11.8. The maximum Gasteiger partial charge on any atom is 0.147 e. The fourth-order valence-corrected chi connectivity index (χ4v) is 9.69. The Morgan fingerprint density at radius 1 is 0.293 bits per heavy atom. The van der Waals surface area contributed by atoms with E-state index in [0.717, 1.165) is 77.5 Å². The molecule has 9 aromatic carbocycles. The van der Waals surface area contributed by atoms with Crippen molar-refractivity contribution in [2.24, 2.45) is 0 Å². The molecule has 4 nitrogen and oxygen atoms in total. The molecule has 0 amide bonds. The van der Waals surface area contributed by atoms with Crippen molar-refractivity contribution in [1.82, 2.24) is 9.13 Å². The summed E-state index contributed by atoms with van der Waals surface area (Å²) in [5.74, 6) is 0. The third-order valence-electron chi connectivity index (χ3n) is 12.1. The Balaban J connectivity index is 1.19. The number of benzene rings is 9. The van der Waals surface area contributed by atoms with Crippen molar-refractivity contribution >= 4 is 87.5 Å². The lowest BCUT2D eigenvalue weighted by atomic mass is 9.88. The summed E-state index contributed by atoms with van der Waals surface area (Å²) in [5, 5.41) is 9.04. The number of hydrogen-bond donors (Lipinski definition) is 0. The Hall–Kier alpha value is -7.82. The number of nitrogens with zero attached hydrogens (tertiary/aromatic N) is 2. The highest BCUT2D eigenvalue weighted by Crippen LogP contribution is 2.51. The van der Waals surface area contributed by atoms with Crippen molar-refractivity contribution in [2.75, 3.05) is 0 Å². The quantitative estimate of drug-likeness (QED) is 0.180. The average molecular weight is 741 g/mol. The van der Waals surface area contributed by atoms with Crippen molar-refractivity contribution in [3.63, 3.8) is 0 Å². The molecule has 0 N–H and O–H groups in total. The van der Waals surface area contributed by atoms with E-state index < -0.39 is 0 Å². The van der Waals surface area contributed by atoms with Crippen LogP contribution in [0.1, 0.15) is 0 Å². The molecule has 0 aliphatic carbocycles. The minimum atomic E-state index is 0.814. The summed E-state index contributed by atoms with van der Waals surface area (Å²) in [4.78, 5) is 0. The predicted octanol–water partition coefficient (Wildman–Crippen LogP) is 15.0. The first kappa shape index (κ1) is 31.4. The fraction of sp³-hybridized carbons (Fsp3) is 0. The largest absolute Gasteiger partial charge is 0.455 e. The van der Waals surface area contributed by atoms with Crippen molar-refractivity contribution in [1.29, 1.82) is 0 Å². The molecule has 0 saturated carbocycles. The lowest BCUT2D eigenvalue weighted by Crippen LogP contribution is -1.93. The van der Waals surface area contributed by atoms with Gasteiger partial charge in [-0.2, -0.15) is 0 Å². The summed E-state index contributed by atoms with van der Waals surface area (Å²) in [7, 11) is 0. The zero-order valence-electron chi connectivity index (χ0n) is 31.2. The molecule has 0 saturated heterocycles. The average Bonchev–Trinajstić information content (AvgIpc) is 4.04. The van der Waals surface area contributed by atoms with Gasteiger partial charge in [-0.3, -0.25) is 0 Å². The highest BCUT2D eigenvalue weighted by atomic mass is 16.3. The van der Waals surface area contributed by atoms with Gasteiger partial charge in [0.05, 0.1) is 27.5 Å². The molecule has 0 aliphatic heterocycles. The van der Waals surface area contributed by atoms with Crippen LogP contribution in [0.5, 0.6) is 0 Å². The normalized spacial score (nSPS) is 12.1. The van der Waals surface area contributed by atoms with Gasteiger partial charge in [-0.25, -0.2) is 0 Å². The number of para-hydroxylation sites is 4. The molecule has 0 fully saturated rings. The van der Waals surface area contributed by atoms with Crippen LogP contribution < -0.4 is 0 Å². The molecule has 0 radical (unpaired) electrons. The molecule has 4 heteroatoms. The van der Waals surface area contributed by atoms with Gasteiger partial charge in [0.15, 0.2) is 0 Å². The van der Waals surface area contributed by atoms with Crippen molar-refractivity contribution in [3.8, 4) is 33.6 Å². The number of fused-ring (bicyclic) bond motifs is 13. The van der Waals surface area contributed by atoms with Crippen LogP contribution in [0.4, 0.5) is 0 Å². The Bertz CT molecular complexity index is 3680. The molecule has 4 aromatic heterocycles. The predicted molar refractivity (Wildman–Crippen MR) is 241 cm³/mol. The number of rotatable bonds is 4. The van der Waals surface area contributed by atoms with Crippen LogP contribution in [0.3, 0.4) is 0 Å². The first-order valence-electron chi connectivity index (χ1n) is 19.8. The van der Waals surface area contributed by atoms with Gasteiger partial charge in [-0.15, -0.1) is 0 Å². The van der Waals surface area contributed by atoms with E-state index in [1.165, 1.54) is 43.6 Å². The van der Waals surface area contributed by atoms with Crippen LogP contribution in [0.25, 0.3) is 121 Å². The first-order valence-corrected chi connectivity index (χ1v) is 19.8. The Morgan fingerprint density at radius 3 is 1.14 bits per heavy atom. The summed E-state index contributed by atoms with van der Waals surface area (Å²) in [6.07, 6.45) is 0. The van der Waals surface area contributed by atoms with Gasteiger partial charge in [0.25, 0.3) is 0 Å². The van der Waals surface area contributed by atoms with E-state index in [1.807, 2.05) is 0 Å². The summed E-state index contributed by atoms with van der Waals surface area (Å²) in [5.41, 5.74) is 14.4. The van der Waals surface area contributed by atoms with E-state index in [-0.39, 0.29) is 0 Å². The van der Waals surface area contributed by atoms with E-state index >= 15 is 0 Å². The number of hydrogen-bond acceptors (Lipinski definition) is 2. The Kier molecular flexibility index (Phi) is 6.41. The lowest BCUT2D eigenvalue weighted by molar-refractivity contribution is 0.663. The van der Waals surface area contributed by atoms with E-state index in [0.29, 0.717) is 0 Å². The molecule has 0 aliphatic rings. The highest BCUT2D eigenvalue weighted by molar-refractivity contribution is 6.31. The Labute approximate surface area is 332 Å². The minimum absolute atomic E-state index is 0.814. The van der Waals surface area contributed by atoms with Crippen LogP contribution >= 0.6 is 0 Å². The number of aromatic nitrogens is 2. The molecular formula is C54H32N2O2. The van der Waals surface area contributed by atoms with Gasteiger partial charge < -0.3 is 18.0 Å². The van der Waals surface area contributed by atoms with Crippen LogP contribution in [0.15, 0.2) is 203 Å². The topological polar surface area (TPSA) is 36.1 Å². The molecule has 13 aromatic rings. The molecule has 13 rings (SSSR count). The molecule has 0 unspecified atom stereocenters. The van der Waals surface area contributed by atoms with Crippen molar-refractivity contribution in [3.05, 3.63) is 194 Å². The second-order valence-corrected chi connectivity index (χ2v) is 15.2. The van der Waals surface area contributed by atoms with Gasteiger partial charge >= 0.3 is 0 Å². The van der Waals surface area contributed by atoms with Gasteiger partial charge in [0.1, 0.15) is 22.3 Å². The van der Waals surface area contributed by atoms with E-state index in [2.05, 4.69) is 203 Å². The summed E-state index contributed by atoms with van der Waals surface area (Å²) < 4.78 is 18.9. The van der Waals surface area contributed by atoms with E-state index in [1.54, 1.807) is 0 Å². The van der Waals surface area contributed by atoms with E-state index in [9.17, 15) is 0 Å². The summed E-state index contributed by atoms with van der Waals surface area (Å²) >= 11 is 0. The maximum absolute atomic E-state index is 7.13. The molecule has 0 bridgehead atoms. The van der Waals surface area contributed by atoms with Gasteiger partial charge in [0, 0.05) is 60.2 Å². The lowest BCUT2D eigenvalue weighted by Gasteiger charge is -2.14. The van der Waals surface area contributed by atoms with Crippen LogP contribution in [-0.4, -0.2) is 9.13 Å². The number of furan rings is 2. The molecule has 0 atom stereocenters. The zero-order chi connectivity index (χ0) is 37.9. The second-order valence-electron chi connectivity index (χ2n) is 15.2. The fourth-order valence-electron chi connectivity index (χ4n) is 9.69. The SMILES string of the molecule is c1ccc(-c2c(-c3ccccc3)c3c4cc(-n5c6ccccc6c6ccccc65)ccc4oc3c3c2oc2ccc(-n4c5ccccc5c5ccccc54)cc23)cc1. The van der Waals surface area contributed by atoms with Crippen LogP contribution in [0.2, 0.25) is 0 Å². The minimum Gasteiger partial charge on any atom is -0.455 e. The monoisotopic (exact) mass is 740 g/mol. The summed E-state index contributed by atoms with van der Waals surface area (Å²) in [6, 6.07) is 69.3. The molecule has 0 spiro atoms. The summed E-state index contributed by atoms with van der Waals surface area (Å²) in [6.45, 7) is 0. The third-order valence-corrected chi connectivity index (χ3v) is 12.1. The van der Waals surface area contributed by atoms with E-state index in [4.69, 9.17) is 8.83 Å². The molecule has 4 heterocycles. The molecular weight excluding hydrogens is 709 g/mol. The van der Waals surface area contributed by atoms with Crippen LogP contribution in [0, 0.1) is 0 Å². The third kappa shape index (κ3) is 4.29. The molecule has 270 valence electrons. The maximum atomic E-state index is 7.13. The van der Waals surface area contributed by atoms with Gasteiger partial charge in [0.2, 0.25) is 0 Å². The zero-order valence-corrected chi connectivity index (χ0v) is 31.2. The smallest absolute Gasteiger partial charge is 0.147 e.